The molecule has 0 radical (unpaired) electrons. The molecule has 1 aromatic rings. The van der Waals surface area contributed by atoms with Crippen molar-refractivity contribution in [1.29, 1.82) is 0 Å². The highest BCUT2D eigenvalue weighted by molar-refractivity contribution is 7.89. The second kappa shape index (κ2) is 8.65. The van der Waals surface area contributed by atoms with Gasteiger partial charge in [-0.25, -0.2) is 17.5 Å². The van der Waals surface area contributed by atoms with Gasteiger partial charge in [0.2, 0.25) is 10.0 Å². The molecule has 3 N–H and O–H groups in total. The van der Waals surface area contributed by atoms with Gasteiger partial charge in [0.1, 0.15) is 5.82 Å². The monoisotopic (exact) mass is 413 g/mol. The van der Waals surface area contributed by atoms with E-state index < -0.39 is 15.8 Å². The number of aliphatic hydroxyl groups is 1. The van der Waals surface area contributed by atoms with E-state index in [1.807, 2.05) is 13.8 Å². The van der Waals surface area contributed by atoms with Gasteiger partial charge in [0.15, 0.2) is 0 Å². The summed E-state index contributed by atoms with van der Waals surface area (Å²) in [5.74, 6) is 0.838. The summed E-state index contributed by atoms with van der Waals surface area (Å²) in [6.07, 6.45) is 3.21. The standard InChI is InChI=1S/C20H32FN3O3S/c1-3-24(4-2)8-7-23-28(26,27)17-5-6-19(18(21)10-17)22-13-20(14-25)11-15-9-16(15)12-20/h5-6,10,15-16,22-23,25H,3-4,7-9,11-14H2,1-2H3. The van der Waals surface area contributed by atoms with Gasteiger partial charge in [0, 0.05) is 25.0 Å². The zero-order valence-corrected chi connectivity index (χ0v) is 17.6. The lowest BCUT2D eigenvalue weighted by Gasteiger charge is -2.29. The number of anilines is 1. The quantitative estimate of drug-likeness (QED) is 0.519. The Hall–Kier alpha value is -1.22. The number of benzene rings is 1. The van der Waals surface area contributed by atoms with Crippen molar-refractivity contribution >= 4 is 15.7 Å². The minimum atomic E-state index is -3.74. The summed E-state index contributed by atoms with van der Waals surface area (Å²) in [7, 11) is -3.74. The third kappa shape index (κ3) is 4.84. The maximum atomic E-state index is 14.5. The minimum absolute atomic E-state index is 0.0749. The van der Waals surface area contributed by atoms with Crippen molar-refractivity contribution in [1.82, 2.24) is 9.62 Å². The highest BCUT2D eigenvalue weighted by atomic mass is 32.2. The number of rotatable bonds is 11. The average molecular weight is 414 g/mol. The largest absolute Gasteiger partial charge is 0.396 e. The Balaban J connectivity index is 1.58. The molecular formula is C20H32FN3O3S. The fourth-order valence-electron chi connectivity index (χ4n) is 4.39. The Labute approximate surface area is 167 Å². The second-order valence-electron chi connectivity index (χ2n) is 8.24. The molecule has 2 aliphatic carbocycles. The van der Waals surface area contributed by atoms with E-state index in [0.717, 1.165) is 32.0 Å². The normalized spacial score (nSPS) is 26.5. The number of nitrogens with one attached hydrogen (secondary N) is 2. The molecule has 2 saturated carbocycles. The van der Waals surface area contributed by atoms with Gasteiger partial charge in [0.25, 0.3) is 0 Å². The summed E-state index contributed by atoms with van der Waals surface area (Å²) in [6, 6.07) is 3.94. The molecule has 0 bridgehead atoms. The van der Waals surface area contributed by atoms with Crippen LogP contribution in [0, 0.1) is 23.1 Å². The Bertz CT molecular complexity index is 773. The van der Waals surface area contributed by atoms with E-state index in [1.54, 1.807) is 0 Å². The summed E-state index contributed by atoms with van der Waals surface area (Å²) in [6.45, 7) is 7.24. The molecule has 8 heteroatoms. The number of hydrogen-bond acceptors (Lipinski definition) is 5. The molecule has 2 atom stereocenters. The third-order valence-electron chi connectivity index (χ3n) is 6.31. The van der Waals surface area contributed by atoms with Crippen LogP contribution in [-0.2, 0) is 10.0 Å². The number of hydrogen-bond donors (Lipinski definition) is 3. The smallest absolute Gasteiger partial charge is 0.240 e. The van der Waals surface area contributed by atoms with Gasteiger partial charge in [-0.15, -0.1) is 0 Å². The van der Waals surface area contributed by atoms with Crippen LogP contribution in [-0.4, -0.2) is 57.8 Å². The molecule has 0 spiro atoms. The second-order valence-corrected chi connectivity index (χ2v) is 10.0. The van der Waals surface area contributed by atoms with E-state index in [0.29, 0.717) is 24.9 Å². The molecule has 2 aliphatic rings. The Kier molecular flexibility index (Phi) is 6.64. The summed E-state index contributed by atoms with van der Waals surface area (Å²) in [5.41, 5.74) is 0.0898. The minimum Gasteiger partial charge on any atom is -0.396 e. The molecule has 2 unspecified atom stereocenters. The maximum Gasteiger partial charge on any atom is 0.240 e. The molecule has 0 aliphatic heterocycles. The van der Waals surface area contributed by atoms with Crippen molar-refractivity contribution in [3.8, 4) is 0 Å². The Morgan fingerprint density at radius 2 is 1.93 bits per heavy atom. The van der Waals surface area contributed by atoms with E-state index in [4.69, 9.17) is 0 Å². The molecule has 28 heavy (non-hydrogen) atoms. The maximum absolute atomic E-state index is 14.5. The van der Waals surface area contributed by atoms with Crippen LogP contribution in [0.2, 0.25) is 0 Å². The van der Waals surface area contributed by atoms with Gasteiger partial charge < -0.3 is 15.3 Å². The lowest BCUT2D eigenvalue weighted by Crippen LogP contribution is -2.34. The van der Waals surface area contributed by atoms with Crippen LogP contribution in [0.25, 0.3) is 0 Å². The number of halogens is 1. The molecule has 1 aromatic carbocycles. The molecule has 0 aromatic heterocycles. The van der Waals surface area contributed by atoms with Crippen molar-refractivity contribution in [2.24, 2.45) is 17.3 Å². The predicted octanol–water partition coefficient (Wildman–Crippen LogP) is 2.27. The zero-order chi connectivity index (χ0) is 20.4. The van der Waals surface area contributed by atoms with Crippen LogP contribution in [0.5, 0.6) is 0 Å². The number of fused-ring (bicyclic) bond motifs is 1. The molecule has 0 saturated heterocycles. The predicted molar refractivity (Wildman–Crippen MR) is 108 cm³/mol. The Morgan fingerprint density at radius 3 is 2.50 bits per heavy atom. The SMILES string of the molecule is CCN(CC)CCNS(=O)(=O)c1ccc(NCC2(CO)CC3CC3C2)c(F)c1. The van der Waals surface area contributed by atoms with E-state index in [-0.39, 0.29) is 29.1 Å². The van der Waals surface area contributed by atoms with Crippen LogP contribution in [0.15, 0.2) is 23.1 Å². The van der Waals surface area contributed by atoms with Crippen LogP contribution in [0.1, 0.15) is 33.1 Å². The first-order chi connectivity index (χ1) is 13.3. The fraction of sp³-hybridized carbons (Fsp3) is 0.700. The van der Waals surface area contributed by atoms with Crippen molar-refractivity contribution in [2.45, 2.75) is 38.0 Å². The highest BCUT2D eigenvalue weighted by Crippen LogP contribution is 2.59. The first-order valence-electron chi connectivity index (χ1n) is 10.2. The first-order valence-corrected chi connectivity index (χ1v) is 11.7. The van der Waals surface area contributed by atoms with Crippen LogP contribution < -0.4 is 10.0 Å². The molecule has 0 heterocycles. The van der Waals surface area contributed by atoms with Crippen LogP contribution >= 0.6 is 0 Å². The van der Waals surface area contributed by atoms with Gasteiger partial charge in [0.05, 0.1) is 17.2 Å². The molecule has 2 fully saturated rings. The van der Waals surface area contributed by atoms with E-state index in [1.165, 1.54) is 18.6 Å². The van der Waals surface area contributed by atoms with E-state index in [9.17, 15) is 17.9 Å². The summed E-state index contributed by atoms with van der Waals surface area (Å²) >= 11 is 0. The van der Waals surface area contributed by atoms with Gasteiger partial charge in [-0.3, -0.25) is 0 Å². The van der Waals surface area contributed by atoms with E-state index in [2.05, 4.69) is 14.9 Å². The lowest BCUT2D eigenvalue weighted by molar-refractivity contribution is 0.129. The van der Waals surface area contributed by atoms with Gasteiger partial charge in [-0.1, -0.05) is 13.8 Å². The first kappa shape index (κ1) is 21.5. The molecule has 158 valence electrons. The van der Waals surface area contributed by atoms with Gasteiger partial charge in [-0.05, 0) is 62.4 Å². The zero-order valence-electron chi connectivity index (χ0n) is 16.7. The topological polar surface area (TPSA) is 81.7 Å². The fourth-order valence-corrected chi connectivity index (χ4v) is 5.42. The van der Waals surface area contributed by atoms with Crippen molar-refractivity contribution in [2.75, 3.05) is 44.6 Å². The van der Waals surface area contributed by atoms with Crippen LogP contribution in [0.3, 0.4) is 0 Å². The number of sulfonamides is 1. The van der Waals surface area contributed by atoms with Gasteiger partial charge in [-0.2, -0.15) is 0 Å². The molecule has 0 amide bonds. The third-order valence-corrected chi connectivity index (χ3v) is 7.77. The summed E-state index contributed by atoms with van der Waals surface area (Å²) in [5, 5.41) is 12.9. The summed E-state index contributed by atoms with van der Waals surface area (Å²) in [4.78, 5) is 2.04. The Morgan fingerprint density at radius 1 is 1.25 bits per heavy atom. The van der Waals surface area contributed by atoms with Crippen molar-refractivity contribution in [3.63, 3.8) is 0 Å². The number of nitrogens with zero attached hydrogens (tertiary/aromatic N) is 1. The summed E-state index contributed by atoms with van der Waals surface area (Å²) < 4.78 is 41.9. The molecular weight excluding hydrogens is 381 g/mol. The number of aliphatic hydroxyl groups excluding tert-OH is 1. The lowest BCUT2D eigenvalue weighted by atomic mass is 9.83. The number of likely N-dealkylation sites (N-methyl/N-ethyl adjacent to an activating group) is 1. The van der Waals surface area contributed by atoms with Crippen LogP contribution in [0.4, 0.5) is 10.1 Å². The highest BCUT2D eigenvalue weighted by Gasteiger charge is 2.53. The average Bonchev–Trinajstić information content (AvgIpc) is 3.30. The van der Waals surface area contributed by atoms with Gasteiger partial charge >= 0.3 is 0 Å². The van der Waals surface area contributed by atoms with E-state index >= 15 is 0 Å². The van der Waals surface area contributed by atoms with Crippen molar-refractivity contribution < 1.29 is 17.9 Å². The van der Waals surface area contributed by atoms with Crippen molar-refractivity contribution in [3.05, 3.63) is 24.0 Å². The molecule has 6 nitrogen and oxygen atoms in total. The molecule has 3 rings (SSSR count).